The van der Waals surface area contributed by atoms with Gasteiger partial charge in [-0.2, -0.15) is 0 Å². The van der Waals surface area contributed by atoms with E-state index in [0.717, 1.165) is 15.8 Å². The Morgan fingerprint density at radius 2 is 2.00 bits per heavy atom. The van der Waals surface area contributed by atoms with E-state index < -0.39 is 0 Å². The van der Waals surface area contributed by atoms with Crippen molar-refractivity contribution in [2.24, 2.45) is 0 Å². The minimum absolute atomic E-state index is 1.04. The predicted molar refractivity (Wildman–Crippen MR) is 77.9 cm³/mol. The molecular formula is C13H19N2S2+. The number of thiazole rings is 1. The van der Waals surface area contributed by atoms with E-state index in [1.54, 1.807) is 11.3 Å². The quantitative estimate of drug-likeness (QED) is 0.467. The molecule has 0 bridgehead atoms. The molecule has 0 unspecified atom stereocenters. The van der Waals surface area contributed by atoms with Gasteiger partial charge in [-0.15, -0.1) is 11.3 Å². The number of para-hydroxylation sites is 1. The lowest BCUT2D eigenvalue weighted by Gasteiger charge is -2.23. The van der Waals surface area contributed by atoms with E-state index in [4.69, 9.17) is 0 Å². The van der Waals surface area contributed by atoms with Crippen molar-refractivity contribution < 1.29 is 4.48 Å². The molecule has 2 aromatic rings. The molecule has 0 radical (unpaired) electrons. The van der Waals surface area contributed by atoms with Crippen LogP contribution < -0.4 is 0 Å². The molecule has 2 nitrogen and oxygen atoms in total. The Balaban J connectivity index is 1.87. The zero-order valence-electron chi connectivity index (χ0n) is 10.6. The van der Waals surface area contributed by atoms with Gasteiger partial charge in [-0.1, -0.05) is 23.9 Å². The summed E-state index contributed by atoms with van der Waals surface area (Å²) >= 11 is 3.69. The normalized spacial score (nSPS) is 12.2. The van der Waals surface area contributed by atoms with Crippen molar-refractivity contribution in [2.45, 2.75) is 10.8 Å². The van der Waals surface area contributed by atoms with Gasteiger partial charge < -0.3 is 4.48 Å². The largest absolute Gasteiger partial charge is 0.331 e. The van der Waals surface area contributed by atoms with Crippen molar-refractivity contribution in [3.05, 3.63) is 24.3 Å². The molecule has 92 valence electrons. The minimum atomic E-state index is 1.04. The van der Waals surface area contributed by atoms with Crippen molar-refractivity contribution in [1.82, 2.24) is 4.98 Å². The predicted octanol–water partition coefficient (Wildman–Crippen LogP) is 3.48. The number of nitrogens with zero attached hydrogens (tertiary/aromatic N) is 2. The molecule has 0 saturated heterocycles. The van der Waals surface area contributed by atoms with Crippen LogP contribution in [0.2, 0.25) is 0 Å². The summed E-state index contributed by atoms with van der Waals surface area (Å²) in [7, 11) is 6.72. The summed E-state index contributed by atoms with van der Waals surface area (Å²) in [6.45, 7) is 1.22. The van der Waals surface area contributed by atoms with E-state index in [-0.39, 0.29) is 0 Å². The third-order valence-corrected chi connectivity index (χ3v) is 4.74. The van der Waals surface area contributed by atoms with Gasteiger partial charge in [-0.05, 0) is 12.1 Å². The monoisotopic (exact) mass is 267 g/mol. The maximum absolute atomic E-state index is 4.62. The molecule has 0 N–H and O–H groups in total. The van der Waals surface area contributed by atoms with E-state index in [9.17, 15) is 0 Å². The van der Waals surface area contributed by atoms with Gasteiger partial charge in [-0.25, -0.2) is 4.98 Å². The van der Waals surface area contributed by atoms with Crippen molar-refractivity contribution in [1.29, 1.82) is 0 Å². The van der Waals surface area contributed by atoms with Crippen LogP contribution in [-0.2, 0) is 0 Å². The Morgan fingerprint density at radius 3 is 2.71 bits per heavy atom. The number of quaternary nitrogens is 1. The standard InChI is InChI=1S/C13H19N2S2/c1-15(2,3)9-6-10-16-13-14-11-7-4-5-8-12(11)17-13/h4-5,7-8H,6,9-10H2,1-3H3/q+1. The molecular weight excluding hydrogens is 248 g/mol. The third kappa shape index (κ3) is 3.98. The lowest BCUT2D eigenvalue weighted by Crippen LogP contribution is -2.35. The van der Waals surface area contributed by atoms with Crippen LogP contribution >= 0.6 is 23.1 Å². The number of rotatable bonds is 5. The summed E-state index contributed by atoms with van der Waals surface area (Å²) in [5, 5.41) is 0. The SMILES string of the molecule is C[N+](C)(C)CCCSc1nc2ccccc2s1. The molecule has 0 amide bonds. The van der Waals surface area contributed by atoms with Crippen LogP contribution in [0, 0.1) is 0 Å². The fourth-order valence-electron chi connectivity index (χ4n) is 1.61. The van der Waals surface area contributed by atoms with Gasteiger partial charge in [0.25, 0.3) is 0 Å². The average Bonchev–Trinajstić information content (AvgIpc) is 2.65. The van der Waals surface area contributed by atoms with E-state index in [1.807, 2.05) is 17.8 Å². The molecule has 0 aliphatic rings. The summed E-state index contributed by atoms with van der Waals surface area (Å²) < 4.78 is 3.54. The second kappa shape index (κ2) is 5.38. The van der Waals surface area contributed by atoms with Crippen molar-refractivity contribution in [3.8, 4) is 0 Å². The Labute approximate surface area is 111 Å². The molecule has 4 heteroatoms. The lowest BCUT2D eigenvalue weighted by atomic mass is 10.3. The Hall–Kier alpha value is -0.580. The first-order valence-electron chi connectivity index (χ1n) is 5.83. The van der Waals surface area contributed by atoms with E-state index in [2.05, 4.69) is 44.3 Å². The van der Waals surface area contributed by atoms with E-state index in [1.165, 1.54) is 22.0 Å². The Bertz CT molecular complexity index is 452. The van der Waals surface area contributed by atoms with Crippen LogP contribution in [0.25, 0.3) is 10.2 Å². The summed E-state index contributed by atoms with van der Waals surface area (Å²) in [4.78, 5) is 4.62. The Kier molecular flexibility index (Phi) is 4.07. The van der Waals surface area contributed by atoms with Crippen LogP contribution in [-0.4, -0.2) is 42.9 Å². The fourth-order valence-corrected chi connectivity index (χ4v) is 3.67. The minimum Gasteiger partial charge on any atom is -0.331 e. The topological polar surface area (TPSA) is 12.9 Å². The molecule has 0 aliphatic heterocycles. The molecule has 0 fully saturated rings. The summed E-state index contributed by atoms with van der Waals surface area (Å²) in [6.07, 6.45) is 1.24. The summed E-state index contributed by atoms with van der Waals surface area (Å²) in [5.41, 5.74) is 1.13. The molecule has 0 atom stereocenters. The second-order valence-corrected chi connectivity index (χ2v) is 7.54. The van der Waals surface area contributed by atoms with Crippen LogP contribution in [0.4, 0.5) is 0 Å². The summed E-state index contributed by atoms with van der Waals surface area (Å²) in [5.74, 6) is 1.16. The molecule has 1 heterocycles. The molecule has 0 saturated carbocycles. The van der Waals surface area contributed by atoms with Crippen LogP contribution in [0.3, 0.4) is 0 Å². The molecule has 2 rings (SSSR count). The lowest BCUT2D eigenvalue weighted by molar-refractivity contribution is -0.870. The van der Waals surface area contributed by atoms with E-state index >= 15 is 0 Å². The average molecular weight is 267 g/mol. The number of hydrogen-bond acceptors (Lipinski definition) is 3. The van der Waals surface area contributed by atoms with Crippen LogP contribution in [0.15, 0.2) is 28.6 Å². The Morgan fingerprint density at radius 1 is 1.24 bits per heavy atom. The van der Waals surface area contributed by atoms with Crippen molar-refractivity contribution >= 4 is 33.3 Å². The maximum Gasteiger partial charge on any atom is 0.151 e. The van der Waals surface area contributed by atoms with Crippen molar-refractivity contribution in [3.63, 3.8) is 0 Å². The number of thioether (sulfide) groups is 1. The van der Waals surface area contributed by atoms with Gasteiger partial charge in [0, 0.05) is 12.2 Å². The molecule has 1 aromatic carbocycles. The number of hydrogen-bond donors (Lipinski definition) is 0. The zero-order valence-corrected chi connectivity index (χ0v) is 12.3. The van der Waals surface area contributed by atoms with Gasteiger partial charge in [0.1, 0.15) is 0 Å². The smallest absolute Gasteiger partial charge is 0.151 e. The van der Waals surface area contributed by atoms with Gasteiger partial charge in [-0.3, -0.25) is 0 Å². The molecule has 0 aliphatic carbocycles. The highest BCUT2D eigenvalue weighted by atomic mass is 32.2. The second-order valence-electron chi connectivity index (χ2n) is 5.16. The van der Waals surface area contributed by atoms with Crippen molar-refractivity contribution in [2.75, 3.05) is 33.4 Å². The summed E-state index contributed by atoms with van der Waals surface area (Å²) in [6, 6.07) is 8.35. The van der Waals surface area contributed by atoms with Crippen LogP contribution in [0.1, 0.15) is 6.42 Å². The first kappa shape index (κ1) is 12.9. The van der Waals surface area contributed by atoms with Gasteiger partial charge in [0.2, 0.25) is 0 Å². The van der Waals surface area contributed by atoms with Gasteiger partial charge in [0.15, 0.2) is 4.34 Å². The number of aromatic nitrogens is 1. The highest BCUT2D eigenvalue weighted by Gasteiger charge is 2.07. The van der Waals surface area contributed by atoms with Gasteiger partial charge >= 0.3 is 0 Å². The zero-order chi connectivity index (χ0) is 12.3. The number of fused-ring (bicyclic) bond motifs is 1. The van der Waals surface area contributed by atoms with Gasteiger partial charge in [0.05, 0.1) is 37.9 Å². The third-order valence-electron chi connectivity index (χ3n) is 2.47. The molecule has 17 heavy (non-hydrogen) atoms. The van der Waals surface area contributed by atoms with Crippen LogP contribution in [0.5, 0.6) is 0 Å². The fraction of sp³-hybridized carbons (Fsp3) is 0.462. The molecule has 1 aromatic heterocycles. The highest BCUT2D eigenvalue weighted by molar-refractivity contribution is 8.01. The molecule has 0 spiro atoms. The number of benzene rings is 1. The first-order chi connectivity index (χ1) is 8.04. The first-order valence-corrected chi connectivity index (χ1v) is 7.64. The highest BCUT2D eigenvalue weighted by Crippen LogP contribution is 2.29. The maximum atomic E-state index is 4.62. The van der Waals surface area contributed by atoms with E-state index in [0.29, 0.717) is 0 Å².